The van der Waals surface area contributed by atoms with Crippen LogP contribution in [0.15, 0.2) is 99.9 Å². The van der Waals surface area contributed by atoms with Gasteiger partial charge >= 0.3 is 0 Å². The van der Waals surface area contributed by atoms with Crippen LogP contribution in [0.1, 0.15) is 0 Å². The van der Waals surface area contributed by atoms with E-state index < -0.39 is 0 Å². The van der Waals surface area contributed by atoms with Gasteiger partial charge in [-0.1, -0.05) is 72.4 Å². The first-order valence-electron chi connectivity index (χ1n) is 10.4. The minimum Gasteiger partial charge on any atom is -0.431 e. The molecule has 0 aliphatic heterocycles. The van der Waals surface area contributed by atoms with E-state index in [1.807, 2.05) is 66.0 Å². The molecular weight excluding hydrogens is 469 g/mol. The lowest BCUT2D eigenvalue weighted by Crippen LogP contribution is -2.13. The quantitative estimate of drug-likeness (QED) is 0.250. The molecule has 0 bridgehead atoms. The summed E-state index contributed by atoms with van der Waals surface area (Å²) in [4.78, 5) is 21.6. The Labute approximate surface area is 203 Å². The molecule has 0 atom stereocenters. The summed E-state index contributed by atoms with van der Waals surface area (Å²) in [5.74, 6) is 0.264. The van der Waals surface area contributed by atoms with E-state index >= 15 is 0 Å². The third kappa shape index (κ3) is 5.08. The number of amides is 1. The van der Waals surface area contributed by atoms with Crippen molar-refractivity contribution in [2.24, 2.45) is 0 Å². The maximum Gasteiger partial charge on any atom is 0.257 e. The number of nitrogens with zero attached hydrogens (tertiary/aromatic N) is 2. The van der Waals surface area contributed by atoms with Crippen molar-refractivity contribution in [2.75, 3.05) is 11.1 Å². The van der Waals surface area contributed by atoms with Crippen molar-refractivity contribution in [1.29, 1.82) is 0 Å². The van der Waals surface area contributed by atoms with Crippen molar-refractivity contribution in [3.05, 3.63) is 96.1 Å². The first kappa shape index (κ1) is 22.1. The lowest BCUT2D eigenvalue weighted by atomic mass is 10.1. The molecule has 0 radical (unpaired) electrons. The summed E-state index contributed by atoms with van der Waals surface area (Å²) >= 11 is 2.54. The monoisotopic (exact) mass is 487 g/mol. The molecule has 5 aromatic rings. The molecular formula is C26H18FN3O2S2. The van der Waals surface area contributed by atoms with Crippen LogP contribution < -0.4 is 5.32 Å². The maximum atomic E-state index is 13.1. The molecule has 1 N–H and O–H groups in total. The van der Waals surface area contributed by atoms with E-state index in [0.717, 1.165) is 22.4 Å². The molecule has 0 aliphatic carbocycles. The van der Waals surface area contributed by atoms with Gasteiger partial charge in [-0.25, -0.2) is 14.4 Å². The number of aromatic nitrogens is 2. The van der Waals surface area contributed by atoms with Crippen LogP contribution in [-0.2, 0) is 4.79 Å². The number of halogens is 1. The molecule has 0 spiro atoms. The Morgan fingerprint density at radius 2 is 1.56 bits per heavy atom. The number of hydrogen-bond donors (Lipinski definition) is 1. The van der Waals surface area contributed by atoms with Crippen LogP contribution in [0, 0.1) is 5.82 Å². The zero-order chi connectivity index (χ0) is 23.3. The van der Waals surface area contributed by atoms with Gasteiger partial charge in [-0.2, -0.15) is 0 Å². The molecule has 1 amide bonds. The normalized spacial score (nSPS) is 10.9. The second-order valence-corrected chi connectivity index (χ2v) is 9.06. The zero-order valence-corrected chi connectivity index (χ0v) is 19.4. The molecule has 34 heavy (non-hydrogen) atoms. The van der Waals surface area contributed by atoms with Crippen molar-refractivity contribution in [3.63, 3.8) is 0 Å². The van der Waals surface area contributed by atoms with Gasteiger partial charge in [-0.05, 0) is 24.3 Å². The molecule has 2 aromatic heterocycles. The summed E-state index contributed by atoms with van der Waals surface area (Å²) < 4.78 is 19.2. The van der Waals surface area contributed by atoms with Crippen molar-refractivity contribution in [2.45, 2.75) is 5.22 Å². The minimum absolute atomic E-state index is 0.119. The number of carbonyl (C=O) groups is 1. The van der Waals surface area contributed by atoms with Crippen LogP contribution in [0.3, 0.4) is 0 Å². The van der Waals surface area contributed by atoms with Crippen LogP contribution in [-0.4, -0.2) is 21.6 Å². The smallest absolute Gasteiger partial charge is 0.257 e. The number of thioether (sulfide) groups is 1. The fourth-order valence-electron chi connectivity index (χ4n) is 3.31. The van der Waals surface area contributed by atoms with Crippen LogP contribution in [0.25, 0.3) is 33.8 Å². The van der Waals surface area contributed by atoms with Gasteiger partial charge in [0.2, 0.25) is 5.91 Å². The summed E-state index contributed by atoms with van der Waals surface area (Å²) in [6.45, 7) is 0. The number of anilines is 1. The number of rotatable bonds is 7. The number of nitrogens with one attached hydrogen (secondary N) is 1. The fraction of sp³-hybridized carbons (Fsp3) is 0.0385. The highest BCUT2D eigenvalue weighted by Crippen LogP contribution is 2.35. The standard InChI is InChI=1S/C26H18FN3O2S2/c27-20-13-11-17(12-14-20)21-15-33-25(28-21)29-22(31)16-34-26-30-23(18-7-3-1-4-8-18)24(32-26)19-9-5-2-6-10-19/h1-15H,16H2,(H,28,29,31). The fourth-order valence-corrected chi connectivity index (χ4v) is 4.67. The van der Waals surface area contributed by atoms with Gasteiger partial charge < -0.3 is 9.73 Å². The third-order valence-electron chi connectivity index (χ3n) is 4.91. The van der Waals surface area contributed by atoms with Crippen molar-refractivity contribution in [3.8, 4) is 33.8 Å². The lowest BCUT2D eigenvalue weighted by Gasteiger charge is -2.00. The number of thiazole rings is 1. The molecule has 8 heteroatoms. The SMILES string of the molecule is O=C(CSc1nc(-c2ccccc2)c(-c2ccccc2)o1)Nc1nc(-c2ccc(F)cc2)cs1. The third-order valence-corrected chi connectivity index (χ3v) is 6.49. The Bertz CT molecular complexity index is 1340. The first-order chi connectivity index (χ1) is 16.7. The molecule has 5 nitrogen and oxygen atoms in total. The number of hydrogen-bond acceptors (Lipinski definition) is 6. The van der Waals surface area contributed by atoms with E-state index in [0.29, 0.717) is 21.8 Å². The van der Waals surface area contributed by atoms with Gasteiger partial charge in [0.25, 0.3) is 5.22 Å². The molecule has 2 heterocycles. The first-order valence-corrected chi connectivity index (χ1v) is 12.3. The van der Waals surface area contributed by atoms with Crippen LogP contribution in [0.4, 0.5) is 9.52 Å². The molecule has 168 valence electrons. The van der Waals surface area contributed by atoms with Crippen LogP contribution >= 0.6 is 23.1 Å². The van der Waals surface area contributed by atoms with E-state index in [2.05, 4.69) is 15.3 Å². The number of oxazole rings is 1. The lowest BCUT2D eigenvalue weighted by molar-refractivity contribution is -0.113. The number of benzene rings is 3. The average molecular weight is 488 g/mol. The van der Waals surface area contributed by atoms with E-state index in [1.165, 1.54) is 35.2 Å². The second kappa shape index (κ2) is 10.0. The summed E-state index contributed by atoms with van der Waals surface area (Å²) in [5.41, 5.74) is 4.06. The average Bonchev–Trinajstić information content (AvgIpc) is 3.52. The predicted molar refractivity (Wildman–Crippen MR) is 134 cm³/mol. The zero-order valence-electron chi connectivity index (χ0n) is 17.8. The van der Waals surface area contributed by atoms with E-state index in [4.69, 9.17) is 4.42 Å². The van der Waals surface area contributed by atoms with Crippen LogP contribution in [0.5, 0.6) is 0 Å². The summed E-state index contributed by atoms with van der Waals surface area (Å²) in [6.07, 6.45) is 0. The molecule has 3 aromatic carbocycles. The van der Waals surface area contributed by atoms with Gasteiger partial charge in [-0.15, -0.1) is 11.3 Å². The molecule has 5 rings (SSSR count). The van der Waals surface area contributed by atoms with Crippen LogP contribution in [0.2, 0.25) is 0 Å². The summed E-state index contributed by atoms with van der Waals surface area (Å²) in [7, 11) is 0. The topological polar surface area (TPSA) is 68.0 Å². The summed E-state index contributed by atoms with van der Waals surface area (Å²) in [5, 5.41) is 5.52. The molecule has 0 aliphatic rings. The largest absolute Gasteiger partial charge is 0.431 e. The molecule has 0 saturated carbocycles. The van der Waals surface area contributed by atoms with E-state index in [9.17, 15) is 9.18 Å². The highest BCUT2D eigenvalue weighted by Gasteiger charge is 2.18. The van der Waals surface area contributed by atoms with Gasteiger partial charge in [0.05, 0.1) is 11.4 Å². The second-order valence-electron chi connectivity index (χ2n) is 7.27. The van der Waals surface area contributed by atoms with Gasteiger partial charge in [0.15, 0.2) is 10.9 Å². The predicted octanol–water partition coefficient (Wildman–Crippen LogP) is 7.00. The van der Waals surface area contributed by atoms with E-state index in [1.54, 1.807) is 12.1 Å². The highest BCUT2D eigenvalue weighted by atomic mass is 32.2. The number of carbonyl (C=O) groups excluding carboxylic acids is 1. The van der Waals surface area contributed by atoms with Crippen molar-refractivity contribution >= 4 is 34.1 Å². The molecule has 0 fully saturated rings. The Morgan fingerprint density at radius 1 is 0.882 bits per heavy atom. The van der Waals surface area contributed by atoms with Gasteiger partial charge in [-0.3, -0.25) is 4.79 Å². The maximum absolute atomic E-state index is 13.1. The Hall–Kier alpha value is -3.75. The van der Waals surface area contributed by atoms with Crippen molar-refractivity contribution in [1.82, 2.24) is 9.97 Å². The summed E-state index contributed by atoms with van der Waals surface area (Å²) in [6, 6.07) is 25.7. The van der Waals surface area contributed by atoms with E-state index in [-0.39, 0.29) is 17.5 Å². The highest BCUT2D eigenvalue weighted by molar-refractivity contribution is 7.99. The Balaban J connectivity index is 1.28. The Kier molecular flexibility index (Phi) is 6.51. The van der Waals surface area contributed by atoms with Gasteiger partial charge in [0, 0.05) is 22.1 Å². The minimum atomic E-state index is -0.304. The Morgan fingerprint density at radius 3 is 2.26 bits per heavy atom. The van der Waals surface area contributed by atoms with Crippen molar-refractivity contribution < 1.29 is 13.6 Å². The molecule has 0 saturated heterocycles. The van der Waals surface area contributed by atoms with Gasteiger partial charge in [0.1, 0.15) is 11.5 Å². The molecule has 0 unspecified atom stereocenters.